The van der Waals surface area contributed by atoms with E-state index in [4.69, 9.17) is 4.74 Å². The molecule has 0 fully saturated rings. The van der Waals surface area contributed by atoms with E-state index in [0.717, 1.165) is 5.56 Å². The summed E-state index contributed by atoms with van der Waals surface area (Å²) >= 11 is 0. The lowest BCUT2D eigenvalue weighted by atomic mass is 10.2. The first-order valence-electron chi connectivity index (χ1n) is 5.29. The number of hydrogen-bond acceptors (Lipinski definition) is 3. The number of hydrogen-bond donors (Lipinski definition) is 0. The molecule has 1 aromatic carbocycles. The molecule has 94 valence electrons. The van der Waals surface area contributed by atoms with Crippen molar-refractivity contribution in [2.75, 3.05) is 0 Å². The van der Waals surface area contributed by atoms with Gasteiger partial charge in [-0.2, -0.15) is 8.78 Å². The summed E-state index contributed by atoms with van der Waals surface area (Å²) in [5, 5.41) is 0. The molecule has 0 amide bonds. The summed E-state index contributed by atoms with van der Waals surface area (Å²) in [4.78, 5) is 3.88. The lowest BCUT2D eigenvalue weighted by Crippen LogP contribution is -2.04. The normalized spacial score (nSPS) is 10.4. The van der Waals surface area contributed by atoms with Crippen molar-refractivity contribution in [3.8, 4) is 17.4 Å². The fraction of sp³-hybridized carbons (Fsp3) is 0.154. The van der Waals surface area contributed by atoms with E-state index < -0.39 is 6.61 Å². The quantitative estimate of drug-likeness (QED) is 0.828. The Labute approximate surface area is 103 Å². The summed E-state index contributed by atoms with van der Waals surface area (Å²) in [5.41, 5.74) is 1.000. The van der Waals surface area contributed by atoms with Gasteiger partial charge in [-0.15, -0.1) is 0 Å². The number of pyridine rings is 1. The number of aryl methyl sites for hydroxylation is 1. The van der Waals surface area contributed by atoms with E-state index in [0.29, 0.717) is 5.75 Å². The summed E-state index contributed by atoms with van der Waals surface area (Å²) < 4.78 is 34.1. The molecule has 0 aliphatic rings. The molecule has 0 saturated carbocycles. The molecule has 1 heterocycles. The van der Waals surface area contributed by atoms with Crippen molar-refractivity contribution in [3.05, 3.63) is 48.2 Å². The number of benzene rings is 1. The van der Waals surface area contributed by atoms with Gasteiger partial charge in [-0.1, -0.05) is 12.1 Å². The first-order valence-corrected chi connectivity index (χ1v) is 5.29. The topological polar surface area (TPSA) is 31.4 Å². The molecule has 3 nitrogen and oxygen atoms in total. The predicted octanol–water partition coefficient (Wildman–Crippen LogP) is 3.78. The molecule has 1 aromatic heterocycles. The number of nitrogens with zero attached hydrogens (tertiary/aromatic N) is 1. The maximum Gasteiger partial charge on any atom is 0.387 e. The number of aromatic nitrogens is 1. The van der Waals surface area contributed by atoms with Gasteiger partial charge in [-0.05, 0) is 36.8 Å². The molecule has 0 saturated heterocycles. The van der Waals surface area contributed by atoms with Crippen LogP contribution in [-0.4, -0.2) is 11.6 Å². The van der Waals surface area contributed by atoms with E-state index in [9.17, 15) is 8.78 Å². The van der Waals surface area contributed by atoms with Gasteiger partial charge in [0.25, 0.3) is 5.88 Å². The molecule has 2 aromatic rings. The molecule has 2 rings (SSSR count). The second kappa shape index (κ2) is 5.44. The second-order valence-electron chi connectivity index (χ2n) is 3.60. The van der Waals surface area contributed by atoms with Gasteiger partial charge in [0.1, 0.15) is 5.75 Å². The highest BCUT2D eigenvalue weighted by molar-refractivity contribution is 5.38. The van der Waals surface area contributed by atoms with Gasteiger partial charge >= 0.3 is 6.61 Å². The minimum absolute atomic E-state index is 0.0170. The molecule has 0 aliphatic heterocycles. The van der Waals surface area contributed by atoms with Crippen molar-refractivity contribution in [1.29, 1.82) is 0 Å². The molecule has 0 atom stereocenters. The Kier molecular flexibility index (Phi) is 3.72. The summed E-state index contributed by atoms with van der Waals surface area (Å²) in [6.07, 6.45) is 1.45. The molecule has 18 heavy (non-hydrogen) atoms. The van der Waals surface area contributed by atoms with Crippen LogP contribution in [0.5, 0.6) is 17.4 Å². The van der Waals surface area contributed by atoms with Crippen LogP contribution in [0.2, 0.25) is 0 Å². The zero-order valence-electron chi connectivity index (χ0n) is 9.64. The van der Waals surface area contributed by atoms with Crippen molar-refractivity contribution in [3.63, 3.8) is 0 Å². The third-order valence-electron chi connectivity index (χ3n) is 2.16. The Morgan fingerprint density at radius 1 is 1.17 bits per heavy atom. The highest BCUT2D eigenvalue weighted by Gasteiger charge is 2.12. The molecular formula is C13H11F2NO2. The minimum atomic E-state index is -2.91. The van der Waals surface area contributed by atoms with Crippen LogP contribution in [0.4, 0.5) is 8.78 Å². The predicted molar refractivity (Wildman–Crippen MR) is 62.1 cm³/mol. The van der Waals surface area contributed by atoms with Gasteiger partial charge in [0.05, 0.1) is 0 Å². The summed E-state index contributed by atoms with van der Waals surface area (Å²) in [6.45, 7) is -1.00. The standard InChI is InChI=1S/C13H11F2NO2/c1-9-4-2-5-10(8-9)17-12-11(18-13(14)15)6-3-7-16-12/h2-8,13H,1H3. The summed E-state index contributed by atoms with van der Waals surface area (Å²) in [7, 11) is 0. The van der Waals surface area contributed by atoms with Crippen LogP contribution in [0.25, 0.3) is 0 Å². The van der Waals surface area contributed by atoms with Crippen LogP contribution >= 0.6 is 0 Å². The van der Waals surface area contributed by atoms with E-state index >= 15 is 0 Å². The van der Waals surface area contributed by atoms with Crippen LogP contribution in [0, 0.1) is 6.92 Å². The zero-order chi connectivity index (χ0) is 13.0. The summed E-state index contributed by atoms with van der Waals surface area (Å²) in [6, 6.07) is 10.1. The van der Waals surface area contributed by atoms with Crippen LogP contribution in [0.1, 0.15) is 5.56 Å². The molecule has 0 unspecified atom stereocenters. The maximum absolute atomic E-state index is 12.2. The van der Waals surface area contributed by atoms with E-state index in [1.165, 1.54) is 18.3 Å². The maximum atomic E-state index is 12.2. The minimum Gasteiger partial charge on any atom is -0.436 e. The van der Waals surface area contributed by atoms with Gasteiger partial charge in [-0.25, -0.2) is 4.98 Å². The van der Waals surface area contributed by atoms with Crippen LogP contribution in [0.3, 0.4) is 0 Å². The van der Waals surface area contributed by atoms with Crippen molar-refractivity contribution < 1.29 is 18.3 Å². The number of alkyl halides is 2. The van der Waals surface area contributed by atoms with Crippen molar-refractivity contribution in [2.45, 2.75) is 13.5 Å². The SMILES string of the molecule is Cc1cccc(Oc2ncccc2OC(F)F)c1. The lowest BCUT2D eigenvalue weighted by Gasteiger charge is -2.10. The lowest BCUT2D eigenvalue weighted by molar-refractivity contribution is -0.0513. The zero-order valence-corrected chi connectivity index (χ0v) is 9.64. The first-order chi connectivity index (χ1) is 8.65. The van der Waals surface area contributed by atoms with E-state index in [-0.39, 0.29) is 11.6 Å². The largest absolute Gasteiger partial charge is 0.436 e. The van der Waals surface area contributed by atoms with E-state index in [1.54, 1.807) is 18.2 Å². The van der Waals surface area contributed by atoms with E-state index in [1.807, 2.05) is 13.0 Å². The average molecular weight is 251 g/mol. The Bertz CT molecular complexity index is 532. The van der Waals surface area contributed by atoms with Crippen LogP contribution in [-0.2, 0) is 0 Å². The Balaban J connectivity index is 2.23. The Morgan fingerprint density at radius 3 is 2.72 bits per heavy atom. The fourth-order valence-electron chi connectivity index (χ4n) is 1.43. The molecule has 0 N–H and O–H groups in total. The van der Waals surface area contributed by atoms with E-state index in [2.05, 4.69) is 9.72 Å². The highest BCUT2D eigenvalue weighted by Crippen LogP contribution is 2.30. The second-order valence-corrected chi connectivity index (χ2v) is 3.60. The Hall–Kier alpha value is -2.17. The third-order valence-corrected chi connectivity index (χ3v) is 2.16. The Morgan fingerprint density at radius 2 is 2.00 bits per heavy atom. The molecule has 0 bridgehead atoms. The van der Waals surface area contributed by atoms with Gasteiger partial charge < -0.3 is 9.47 Å². The monoisotopic (exact) mass is 251 g/mol. The van der Waals surface area contributed by atoms with Gasteiger partial charge in [0.2, 0.25) is 0 Å². The van der Waals surface area contributed by atoms with Crippen molar-refractivity contribution in [2.24, 2.45) is 0 Å². The highest BCUT2D eigenvalue weighted by atomic mass is 19.3. The molecule has 5 heteroatoms. The third kappa shape index (κ3) is 3.16. The molecule has 0 spiro atoms. The van der Waals surface area contributed by atoms with Gasteiger partial charge in [0.15, 0.2) is 5.75 Å². The first kappa shape index (κ1) is 12.3. The molecular weight excluding hydrogens is 240 g/mol. The molecule has 0 aliphatic carbocycles. The van der Waals surface area contributed by atoms with Crippen LogP contribution in [0.15, 0.2) is 42.6 Å². The average Bonchev–Trinajstić information content (AvgIpc) is 2.31. The van der Waals surface area contributed by atoms with Gasteiger partial charge in [0, 0.05) is 6.20 Å². The smallest absolute Gasteiger partial charge is 0.387 e. The number of ether oxygens (including phenoxy) is 2. The van der Waals surface area contributed by atoms with Crippen LogP contribution < -0.4 is 9.47 Å². The summed E-state index contributed by atoms with van der Waals surface area (Å²) in [5.74, 6) is 0.449. The fourth-order valence-corrected chi connectivity index (χ4v) is 1.43. The number of rotatable bonds is 4. The van der Waals surface area contributed by atoms with Crippen molar-refractivity contribution >= 4 is 0 Å². The van der Waals surface area contributed by atoms with Crippen molar-refractivity contribution in [1.82, 2.24) is 4.98 Å². The molecule has 0 radical (unpaired) electrons. The number of halogens is 2. The van der Waals surface area contributed by atoms with Gasteiger partial charge in [-0.3, -0.25) is 0 Å².